The molecule has 0 aliphatic rings. The SMILES string of the molecule is CCCCN(CC(N)=O)c1c(N)c(C(C)C)nn1C. The van der Waals surface area contributed by atoms with Crippen molar-refractivity contribution in [2.24, 2.45) is 12.8 Å². The van der Waals surface area contributed by atoms with Crippen LogP contribution in [0.25, 0.3) is 0 Å². The van der Waals surface area contributed by atoms with Gasteiger partial charge >= 0.3 is 0 Å². The quantitative estimate of drug-likeness (QED) is 0.777. The van der Waals surface area contributed by atoms with Gasteiger partial charge in [0, 0.05) is 13.6 Å². The Balaban J connectivity index is 3.10. The molecule has 1 aromatic heterocycles. The fourth-order valence-corrected chi connectivity index (χ4v) is 2.15. The number of anilines is 2. The standard InChI is InChI=1S/C13H25N5O/c1-5-6-7-18(8-10(14)19)13-11(15)12(9(2)3)16-17(13)4/h9H,5-8,15H2,1-4H3,(H2,14,19). The number of aromatic nitrogens is 2. The third-order valence-electron chi connectivity index (χ3n) is 3.06. The van der Waals surface area contributed by atoms with Crippen molar-refractivity contribution in [3.8, 4) is 0 Å². The van der Waals surface area contributed by atoms with E-state index in [2.05, 4.69) is 12.0 Å². The molecule has 0 fully saturated rings. The summed E-state index contributed by atoms with van der Waals surface area (Å²) in [5, 5.41) is 4.44. The van der Waals surface area contributed by atoms with E-state index < -0.39 is 0 Å². The van der Waals surface area contributed by atoms with Crippen LogP contribution in [0.2, 0.25) is 0 Å². The van der Waals surface area contributed by atoms with Crippen LogP contribution in [0, 0.1) is 0 Å². The maximum absolute atomic E-state index is 11.2. The van der Waals surface area contributed by atoms with Crippen LogP contribution in [0.3, 0.4) is 0 Å². The Kier molecular flexibility index (Phi) is 5.20. The molecular formula is C13H25N5O. The van der Waals surface area contributed by atoms with Crippen molar-refractivity contribution in [3.05, 3.63) is 5.69 Å². The Morgan fingerprint density at radius 1 is 1.47 bits per heavy atom. The molecule has 1 amide bonds. The van der Waals surface area contributed by atoms with E-state index in [0.29, 0.717) is 5.69 Å². The van der Waals surface area contributed by atoms with Gasteiger partial charge in [-0.15, -0.1) is 0 Å². The van der Waals surface area contributed by atoms with Gasteiger partial charge in [0.1, 0.15) is 0 Å². The summed E-state index contributed by atoms with van der Waals surface area (Å²) in [4.78, 5) is 13.1. The van der Waals surface area contributed by atoms with Gasteiger partial charge in [0.05, 0.1) is 17.9 Å². The van der Waals surface area contributed by atoms with E-state index in [4.69, 9.17) is 11.5 Å². The Morgan fingerprint density at radius 2 is 2.11 bits per heavy atom. The molecule has 0 aliphatic heterocycles. The van der Waals surface area contributed by atoms with Crippen molar-refractivity contribution in [2.75, 3.05) is 23.7 Å². The minimum absolute atomic E-state index is 0.168. The van der Waals surface area contributed by atoms with Gasteiger partial charge in [0.15, 0.2) is 5.82 Å². The monoisotopic (exact) mass is 267 g/mol. The summed E-state index contributed by atoms with van der Waals surface area (Å²) in [6, 6.07) is 0. The van der Waals surface area contributed by atoms with Crippen LogP contribution in [0.4, 0.5) is 11.5 Å². The first-order valence-electron chi connectivity index (χ1n) is 6.74. The predicted molar refractivity (Wildman–Crippen MR) is 78.0 cm³/mol. The third kappa shape index (κ3) is 3.62. The Morgan fingerprint density at radius 3 is 2.53 bits per heavy atom. The lowest BCUT2D eigenvalue weighted by molar-refractivity contribution is -0.116. The van der Waals surface area contributed by atoms with Gasteiger partial charge in [-0.05, 0) is 12.3 Å². The number of unbranched alkanes of at least 4 members (excludes halogenated alkanes) is 1. The molecule has 6 heteroatoms. The van der Waals surface area contributed by atoms with Crippen molar-refractivity contribution in [3.63, 3.8) is 0 Å². The summed E-state index contributed by atoms with van der Waals surface area (Å²) in [5.41, 5.74) is 13.0. The second kappa shape index (κ2) is 6.45. The topological polar surface area (TPSA) is 90.2 Å². The minimum atomic E-state index is -0.359. The van der Waals surface area contributed by atoms with Crippen LogP contribution in [-0.4, -0.2) is 28.8 Å². The highest BCUT2D eigenvalue weighted by molar-refractivity contribution is 5.81. The maximum atomic E-state index is 11.2. The molecule has 4 N–H and O–H groups in total. The third-order valence-corrected chi connectivity index (χ3v) is 3.06. The summed E-state index contributed by atoms with van der Waals surface area (Å²) in [7, 11) is 1.84. The normalized spacial score (nSPS) is 11.0. The minimum Gasteiger partial charge on any atom is -0.394 e. The number of primary amides is 1. The molecule has 1 heterocycles. The summed E-state index contributed by atoms with van der Waals surface area (Å²) < 4.78 is 1.74. The van der Waals surface area contributed by atoms with Crippen molar-refractivity contribution >= 4 is 17.4 Å². The lowest BCUT2D eigenvalue weighted by Crippen LogP contribution is -2.36. The van der Waals surface area contributed by atoms with E-state index in [1.54, 1.807) is 4.68 Å². The number of rotatable bonds is 7. The average Bonchev–Trinajstić information content (AvgIpc) is 2.60. The molecule has 0 aliphatic carbocycles. The molecular weight excluding hydrogens is 242 g/mol. The summed E-state index contributed by atoms with van der Waals surface area (Å²) in [6.45, 7) is 7.12. The Hall–Kier alpha value is -1.72. The van der Waals surface area contributed by atoms with E-state index in [1.807, 2.05) is 25.8 Å². The molecule has 1 rings (SSSR count). The number of nitrogens with two attached hydrogens (primary N) is 2. The van der Waals surface area contributed by atoms with Crippen molar-refractivity contribution in [1.29, 1.82) is 0 Å². The van der Waals surface area contributed by atoms with Gasteiger partial charge in [0.2, 0.25) is 5.91 Å². The molecule has 6 nitrogen and oxygen atoms in total. The number of carbonyl (C=O) groups excluding carboxylic acids is 1. The van der Waals surface area contributed by atoms with Crippen LogP contribution in [0.1, 0.15) is 45.2 Å². The molecule has 0 saturated carbocycles. The first kappa shape index (κ1) is 15.3. The smallest absolute Gasteiger partial charge is 0.236 e. The predicted octanol–water partition coefficient (Wildman–Crippen LogP) is 1.22. The van der Waals surface area contributed by atoms with Gasteiger partial charge in [-0.3, -0.25) is 9.48 Å². The second-order valence-electron chi connectivity index (χ2n) is 5.14. The Bertz CT molecular complexity index is 438. The first-order valence-corrected chi connectivity index (χ1v) is 6.74. The first-order chi connectivity index (χ1) is 8.88. The zero-order valence-corrected chi connectivity index (χ0v) is 12.3. The van der Waals surface area contributed by atoms with Gasteiger partial charge < -0.3 is 16.4 Å². The number of amides is 1. The number of hydrogen-bond acceptors (Lipinski definition) is 4. The van der Waals surface area contributed by atoms with Crippen LogP contribution in [0.5, 0.6) is 0 Å². The van der Waals surface area contributed by atoms with E-state index in [0.717, 1.165) is 30.9 Å². The van der Waals surface area contributed by atoms with Gasteiger partial charge in [-0.2, -0.15) is 5.10 Å². The number of nitrogen functional groups attached to an aromatic ring is 1. The molecule has 0 unspecified atom stereocenters. The van der Waals surface area contributed by atoms with Crippen molar-refractivity contribution < 1.29 is 4.79 Å². The van der Waals surface area contributed by atoms with E-state index in [1.165, 1.54) is 0 Å². The van der Waals surface area contributed by atoms with E-state index in [-0.39, 0.29) is 18.4 Å². The zero-order chi connectivity index (χ0) is 14.6. The van der Waals surface area contributed by atoms with Crippen LogP contribution in [-0.2, 0) is 11.8 Å². The lowest BCUT2D eigenvalue weighted by Gasteiger charge is -2.23. The molecule has 0 saturated heterocycles. The second-order valence-corrected chi connectivity index (χ2v) is 5.14. The van der Waals surface area contributed by atoms with Crippen LogP contribution in [0.15, 0.2) is 0 Å². The number of aryl methyl sites for hydroxylation is 1. The summed E-state index contributed by atoms with van der Waals surface area (Å²) in [6.07, 6.45) is 2.03. The highest BCUT2D eigenvalue weighted by atomic mass is 16.1. The average molecular weight is 267 g/mol. The van der Waals surface area contributed by atoms with E-state index >= 15 is 0 Å². The van der Waals surface area contributed by atoms with Gasteiger partial charge in [-0.1, -0.05) is 27.2 Å². The van der Waals surface area contributed by atoms with Crippen molar-refractivity contribution in [1.82, 2.24) is 9.78 Å². The van der Waals surface area contributed by atoms with E-state index in [9.17, 15) is 4.79 Å². The fourth-order valence-electron chi connectivity index (χ4n) is 2.15. The largest absolute Gasteiger partial charge is 0.394 e. The fraction of sp³-hybridized carbons (Fsp3) is 0.692. The summed E-state index contributed by atoms with van der Waals surface area (Å²) >= 11 is 0. The molecule has 1 aromatic rings. The molecule has 0 atom stereocenters. The highest BCUT2D eigenvalue weighted by Crippen LogP contribution is 2.30. The lowest BCUT2D eigenvalue weighted by atomic mass is 10.1. The highest BCUT2D eigenvalue weighted by Gasteiger charge is 2.21. The van der Waals surface area contributed by atoms with Crippen LogP contribution >= 0.6 is 0 Å². The van der Waals surface area contributed by atoms with Crippen molar-refractivity contribution in [2.45, 2.75) is 39.5 Å². The summed E-state index contributed by atoms with van der Waals surface area (Å²) in [5.74, 6) is 0.681. The molecule has 19 heavy (non-hydrogen) atoms. The maximum Gasteiger partial charge on any atom is 0.236 e. The number of carbonyl (C=O) groups is 1. The Labute approximate surface area is 114 Å². The molecule has 0 radical (unpaired) electrons. The van der Waals surface area contributed by atoms with Gasteiger partial charge in [-0.25, -0.2) is 0 Å². The van der Waals surface area contributed by atoms with Gasteiger partial charge in [0.25, 0.3) is 0 Å². The molecule has 0 aromatic carbocycles. The molecule has 0 bridgehead atoms. The van der Waals surface area contributed by atoms with Crippen LogP contribution < -0.4 is 16.4 Å². The number of hydrogen-bond donors (Lipinski definition) is 2. The molecule has 0 spiro atoms. The zero-order valence-electron chi connectivity index (χ0n) is 12.3. The molecule has 108 valence electrons. The number of nitrogens with zero attached hydrogens (tertiary/aromatic N) is 3.